The molecular weight excluding hydrogens is 441 g/mol. The molecule has 0 aliphatic carbocycles. The predicted molar refractivity (Wildman–Crippen MR) is 130 cm³/mol. The number of fused-ring (bicyclic) bond motifs is 1. The van der Waals surface area contributed by atoms with E-state index in [0.717, 1.165) is 17.1 Å². The van der Waals surface area contributed by atoms with Crippen LogP contribution in [0.3, 0.4) is 0 Å². The van der Waals surface area contributed by atoms with Crippen LogP contribution in [0.4, 0.5) is 14.9 Å². The van der Waals surface area contributed by atoms with Gasteiger partial charge in [0.25, 0.3) is 0 Å². The third kappa shape index (κ3) is 7.30. The molecule has 0 aliphatic heterocycles. The monoisotopic (exact) mass is 473 g/mol. The molecule has 3 aromatic rings. The standard InChI is InChI=1S/C24H32FN3O4Si/c1-24(2,3)32-23(29)27-20-8-7-17(15-19(20)25)31-21-9-11-26-22-18(21)10-12-28(22)16-30-13-14-33(4,5)6/h7-12,15H,13-14,16H2,1-6H3,(H,27,29). The fraction of sp³-hybridized carbons (Fsp3) is 0.417. The van der Waals surface area contributed by atoms with Crippen molar-refractivity contribution in [3.05, 3.63) is 48.5 Å². The van der Waals surface area contributed by atoms with Gasteiger partial charge in [-0.25, -0.2) is 14.2 Å². The van der Waals surface area contributed by atoms with E-state index in [1.54, 1.807) is 39.1 Å². The van der Waals surface area contributed by atoms with Crippen molar-refractivity contribution in [1.82, 2.24) is 9.55 Å². The second kappa shape index (κ2) is 9.92. The molecule has 0 saturated heterocycles. The second-order valence-electron chi connectivity index (χ2n) is 10.1. The largest absolute Gasteiger partial charge is 0.456 e. The fourth-order valence-electron chi connectivity index (χ4n) is 3.00. The topological polar surface area (TPSA) is 74.6 Å². The van der Waals surface area contributed by atoms with Crippen LogP contribution in [0.25, 0.3) is 11.0 Å². The van der Waals surface area contributed by atoms with Crippen LogP contribution in [0, 0.1) is 5.82 Å². The smallest absolute Gasteiger partial charge is 0.412 e. The van der Waals surface area contributed by atoms with Crippen molar-refractivity contribution in [2.45, 2.75) is 58.8 Å². The van der Waals surface area contributed by atoms with E-state index in [-0.39, 0.29) is 5.69 Å². The lowest BCUT2D eigenvalue weighted by molar-refractivity contribution is 0.0635. The summed E-state index contributed by atoms with van der Waals surface area (Å²) in [6, 6.07) is 8.95. The van der Waals surface area contributed by atoms with Gasteiger partial charge in [-0.1, -0.05) is 19.6 Å². The molecule has 0 atom stereocenters. The van der Waals surface area contributed by atoms with Crippen LogP contribution >= 0.6 is 0 Å². The fourth-order valence-corrected chi connectivity index (χ4v) is 3.76. The minimum atomic E-state index is -1.14. The number of nitrogens with zero attached hydrogens (tertiary/aromatic N) is 2. The van der Waals surface area contributed by atoms with E-state index in [4.69, 9.17) is 14.2 Å². The van der Waals surface area contributed by atoms with E-state index in [0.29, 0.717) is 24.8 Å². The third-order valence-corrected chi connectivity index (χ3v) is 6.36. The highest BCUT2D eigenvalue weighted by Gasteiger charge is 2.18. The Kier molecular flexibility index (Phi) is 7.43. The highest BCUT2D eigenvalue weighted by atomic mass is 28.3. The van der Waals surface area contributed by atoms with Crippen LogP contribution in [0.2, 0.25) is 25.7 Å². The molecule has 0 unspecified atom stereocenters. The first-order chi connectivity index (χ1) is 15.4. The van der Waals surface area contributed by atoms with Gasteiger partial charge in [0.1, 0.15) is 29.5 Å². The summed E-state index contributed by atoms with van der Waals surface area (Å²) in [5.41, 5.74) is 0.0637. The summed E-state index contributed by atoms with van der Waals surface area (Å²) in [6.07, 6.45) is 2.82. The zero-order valence-corrected chi connectivity index (χ0v) is 21.1. The summed E-state index contributed by atoms with van der Waals surface area (Å²) in [5.74, 6) is 0.221. The first kappa shape index (κ1) is 24.7. The number of amides is 1. The van der Waals surface area contributed by atoms with Crippen LogP contribution in [0.15, 0.2) is 42.7 Å². The number of carbonyl (C=O) groups excluding carboxylic acids is 1. The van der Waals surface area contributed by atoms with Gasteiger partial charge in [0, 0.05) is 33.1 Å². The Morgan fingerprint density at radius 3 is 2.61 bits per heavy atom. The number of benzene rings is 1. The van der Waals surface area contributed by atoms with Gasteiger partial charge in [-0.2, -0.15) is 0 Å². The number of nitrogens with one attached hydrogen (secondary N) is 1. The van der Waals surface area contributed by atoms with Crippen molar-refractivity contribution >= 4 is 30.9 Å². The van der Waals surface area contributed by atoms with Crippen molar-refractivity contribution in [2.75, 3.05) is 11.9 Å². The number of pyridine rings is 1. The van der Waals surface area contributed by atoms with E-state index in [1.807, 2.05) is 16.8 Å². The molecule has 9 heteroatoms. The quantitative estimate of drug-likeness (QED) is 0.294. The number of rotatable bonds is 8. The zero-order valence-electron chi connectivity index (χ0n) is 20.1. The van der Waals surface area contributed by atoms with Crippen LogP contribution in [0.5, 0.6) is 11.5 Å². The van der Waals surface area contributed by atoms with Crippen molar-refractivity contribution in [2.24, 2.45) is 0 Å². The van der Waals surface area contributed by atoms with Gasteiger partial charge < -0.3 is 18.8 Å². The van der Waals surface area contributed by atoms with Gasteiger partial charge in [0.15, 0.2) is 5.82 Å². The van der Waals surface area contributed by atoms with Gasteiger partial charge in [-0.3, -0.25) is 5.32 Å². The normalized spacial score (nSPS) is 12.1. The van der Waals surface area contributed by atoms with Crippen molar-refractivity contribution < 1.29 is 23.4 Å². The molecule has 3 rings (SSSR count). The highest BCUT2D eigenvalue weighted by molar-refractivity contribution is 6.76. The molecule has 7 nitrogen and oxygen atoms in total. The lowest BCUT2D eigenvalue weighted by Gasteiger charge is -2.19. The molecule has 33 heavy (non-hydrogen) atoms. The maximum absolute atomic E-state index is 14.5. The number of aromatic nitrogens is 2. The van der Waals surface area contributed by atoms with Gasteiger partial charge in [0.2, 0.25) is 0 Å². The highest BCUT2D eigenvalue weighted by Crippen LogP contribution is 2.31. The van der Waals surface area contributed by atoms with E-state index in [9.17, 15) is 9.18 Å². The zero-order chi connectivity index (χ0) is 24.2. The summed E-state index contributed by atoms with van der Waals surface area (Å²) in [6.45, 7) is 13.3. The molecule has 1 N–H and O–H groups in total. The molecule has 0 saturated carbocycles. The van der Waals surface area contributed by atoms with Gasteiger partial charge in [-0.05, 0) is 51.1 Å². The molecule has 0 radical (unpaired) electrons. The Hall–Kier alpha value is -2.91. The molecule has 1 aromatic carbocycles. The van der Waals surface area contributed by atoms with Crippen LogP contribution in [-0.4, -0.2) is 35.9 Å². The van der Waals surface area contributed by atoms with E-state index < -0.39 is 25.6 Å². The van der Waals surface area contributed by atoms with E-state index in [1.165, 1.54) is 12.1 Å². The summed E-state index contributed by atoms with van der Waals surface area (Å²) in [5, 5.41) is 3.20. The minimum Gasteiger partial charge on any atom is -0.456 e. The molecule has 0 bridgehead atoms. The first-order valence-corrected chi connectivity index (χ1v) is 14.6. The van der Waals surface area contributed by atoms with Gasteiger partial charge >= 0.3 is 6.09 Å². The Morgan fingerprint density at radius 2 is 1.94 bits per heavy atom. The summed E-state index contributed by atoms with van der Waals surface area (Å²) in [4.78, 5) is 16.3. The molecule has 2 heterocycles. The Labute approximate surface area is 194 Å². The van der Waals surface area contributed by atoms with Crippen molar-refractivity contribution in [3.8, 4) is 11.5 Å². The molecule has 0 spiro atoms. The lowest BCUT2D eigenvalue weighted by Crippen LogP contribution is -2.27. The van der Waals surface area contributed by atoms with E-state index in [2.05, 4.69) is 29.9 Å². The molecule has 0 fully saturated rings. The van der Waals surface area contributed by atoms with Gasteiger partial charge in [0.05, 0.1) is 11.1 Å². The van der Waals surface area contributed by atoms with Crippen LogP contribution < -0.4 is 10.1 Å². The van der Waals surface area contributed by atoms with Crippen LogP contribution in [0.1, 0.15) is 20.8 Å². The summed E-state index contributed by atoms with van der Waals surface area (Å²) >= 11 is 0. The number of carbonyl (C=O) groups is 1. The molecule has 2 aromatic heterocycles. The number of hydrogen-bond acceptors (Lipinski definition) is 5. The number of anilines is 1. The maximum Gasteiger partial charge on any atom is 0.412 e. The molecule has 0 aliphatic rings. The maximum atomic E-state index is 14.5. The number of halogens is 1. The SMILES string of the molecule is CC(C)(C)OC(=O)Nc1ccc(Oc2ccnc3c2ccn3COCC[Si](C)(C)C)cc1F. The average Bonchev–Trinajstić information content (AvgIpc) is 3.09. The van der Waals surface area contributed by atoms with Crippen molar-refractivity contribution in [3.63, 3.8) is 0 Å². The molecule has 178 valence electrons. The number of hydrogen-bond donors (Lipinski definition) is 1. The van der Waals surface area contributed by atoms with Crippen LogP contribution in [-0.2, 0) is 16.2 Å². The third-order valence-electron chi connectivity index (χ3n) is 4.65. The van der Waals surface area contributed by atoms with E-state index >= 15 is 0 Å². The van der Waals surface area contributed by atoms with Gasteiger partial charge in [-0.15, -0.1) is 0 Å². The lowest BCUT2D eigenvalue weighted by atomic mass is 10.2. The summed E-state index contributed by atoms with van der Waals surface area (Å²) < 4.78 is 33.4. The Bertz CT molecular complexity index is 1120. The second-order valence-corrected chi connectivity index (χ2v) is 15.7. The average molecular weight is 474 g/mol. The number of ether oxygens (including phenoxy) is 3. The summed E-state index contributed by atoms with van der Waals surface area (Å²) in [7, 11) is -1.14. The van der Waals surface area contributed by atoms with Crippen molar-refractivity contribution in [1.29, 1.82) is 0 Å². The molecular formula is C24H32FN3O4Si. The first-order valence-electron chi connectivity index (χ1n) is 10.9. The Balaban J connectivity index is 1.69. The predicted octanol–water partition coefficient (Wildman–Crippen LogP) is 6.63. The Morgan fingerprint density at radius 1 is 1.18 bits per heavy atom. The molecule has 1 amide bonds. The minimum absolute atomic E-state index is 0.0121.